The first-order chi connectivity index (χ1) is 16.5. The summed E-state index contributed by atoms with van der Waals surface area (Å²) in [6.07, 6.45) is 2.07. The fourth-order valence-electron chi connectivity index (χ4n) is 3.62. The maximum atomic E-state index is 13.4. The zero-order chi connectivity index (χ0) is 23.7. The molecule has 1 aliphatic carbocycles. The Morgan fingerprint density at radius 3 is 2.62 bits per heavy atom. The highest BCUT2D eigenvalue weighted by Gasteiger charge is 2.23. The van der Waals surface area contributed by atoms with Crippen molar-refractivity contribution in [3.05, 3.63) is 105 Å². The summed E-state index contributed by atoms with van der Waals surface area (Å²) < 4.78 is 15.0. The number of hydrogen-bond donors (Lipinski definition) is 1. The van der Waals surface area contributed by atoms with E-state index in [1.807, 2.05) is 30.3 Å². The van der Waals surface area contributed by atoms with E-state index in [0.29, 0.717) is 45.0 Å². The van der Waals surface area contributed by atoms with Crippen molar-refractivity contribution < 1.29 is 9.18 Å². The average molecular weight is 494 g/mol. The minimum Gasteiger partial charge on any atom is -0.349 e. The fraction of sp³-hybridized carbons (Fsp3) is 0.192. The second-order valence-corrected chi connectivity index (χ2v) is 9.62. The van der Waals surface area contributed by atoms with Crippen LogP contribution in [0.3, 0.4) is 0 Å². The molecule has 0 aliphatic heterocycles. The van der Waals surface area contributed by atoms with Gasteiger partial charge in [-0.1, -0.05) is 53.7 Å². The molecule has 172 valence electrons. The second-order valence-electron chi connectivity index (χ2n) is 8.27. The number of aromatic nitrogens is 2. The van der Waals surface area contributed by atoms with Gasteiger partial charge in [-0.05, 0) is 60.4 Å². The summed E-state index contributed by atoms with van der Waals surface area (Å²) in [6.45, 7) is 0.306. The Kier molecular flexibility index (Phi) is 6.39. The van der Waals surface area contributed by atoms with Crippen molar-refractivity contribution in [1.82, 2.24) is 14.9 Å². The van der Waals surface area contributed by atoms with Crippen LogP contribution in [0.4, 0.5) is 4.39 Å². The van der Waals surface area contributed by atoms with Gasteiger partial charge in [-0.15, -0.1) is 0 Å². The number of fused-ring (bicyclic) bond motifs is 1. The maximum Gasteiger partial charge on any atom is 0.262 e. The maximum absolute atomic E-state index is 13.4. The minimum atomic E-state index is -0.395. The standard InChI is InChI=1S/C26H21ClFN3O2S/c27-22-13-19(28)10-9-18(22)15-34-26-30-23-4-2-1-3-21(23)25(33)31(26)14-16-5-7-17(8-6-16)24(32)29-20-11-12-20/h1-10,13,20H,11-12,14-15H2,(H,29,32). The monoisotopic (exact) mass is 493 g/mol. The molecular weight excluding hydrogens is 473 g/mol. The molecule has 3 aromatic carbocycles. The molecule has 0 atom stereocenters. The van der Waals surface area contributed by atoms with E-state index in [0.717, 1.165) is 24.0 Å². The van der Waals surface area contributed by atoms with Crippen molar-refractivity contribution in [2.75, 3.05) is 0 Å². The van der Waals surface area contributed by atoms with Crippen LogP contribution >= 0.6 is 23.4 Å². The van der Waals surface area contributed by atoms with Crippen LogP contribution in [0.2, 0.25) is 5.02 Å². The molecule has 0 unspecified atom stereocenters. The molecular formula is C26H21ClFN3O2S. The predicted molar refractivity (Wildman–Crippen MR) is 133 cm³/mol. The van der Waals surface area contributed by atoms with Crippen LogP contribution < -0.4 is 10.9 Å². The minimum absolute atomic E-state index is 0.0778. The number of nitrogens with one attached hydrogen (secondary N) is 1. The zero-order valence-corrected chi connectivity index (χ0v) is 19.7. The van der Waals surface area contributed by atoms with Gasteiger partial charge in [-0.3, -0.25) is 14.2 Å². The third kappa shape index (κ3) is 5.00. The Balaban J connectivity index is 1.44. The van der Waals surface area contributed by atoms with E-state index >= 15 is 0 Å². The number of benzene rings is 3. The molecule has 5 rings (SSSR count). The first-order valence-electron chi connectivity index (χ1n) is 10.9. The van der Waals surface area contributed by atoms with E-state index < -0.39 is 5.82 Å². The van der Waals surface area contributed by atoms with E-state index in [-0.39, 0.29) is 11.5 Å². The summed E-state index contributed by atoms with van der Waals surface area (Å²) in [5, 5.41) is 4.39. The summed E-state index contributed by atoms with van der Waals surface area (Å²) in [6, 6.07) is 19.1. The van der Waals surface area contributed by atoms with Gasteiger partial charge in [0.2, 0.25) is 0 Å². The SMILES string of the molecule is O=C(NC1CC1)c1ccc(Cn2c(SCc3ccc(F)cc3Cl)nc3ccccc3c2=O)cc1. The van der Waals surface area contributed by atoms with Crippen LogP contribution in [0.25, 0.3) is 10.9 Å². The second kappa shape index (κ2) is 9.60. The number of amides is 1. The molecule has 8 heteroatoms. The molecule has 1 N–H and O–H groups in total. The van der Waals surface area contributed by atoms with Crippen LogP contribution in [0.15, 0.2) is 76.7 Å². The highest BCUT2D eigenvalue weighted by molar-refractivity contribution is 7.98. The van der Waals surface area contributed by atoms with Gasteiger partial charge < -0.3 is 5.32 Å². The third-order valence-electron chi connectivity index (χ3n) is 5.67. The molecule has 1 aliphatic rings. The number of hydrogen-bond acceptors (Lipinski definition) is 4. The topological polar surface area (TPSA) is 64.0 Å². The summed E-state index contributed by atoms with van der Waals surface area (Å²) in [5.74, 6) is -0.0378. The number of para-hydroxylation sites is 1. The van der Waals surface area contributed by atoms with Gasteiger partial charge in [0, 0.05) is 22.4 Å². The Bertz CT molecular complexity index is 1430. The molecule has 1 fully saturated rings. The molecule has 0 saturated heterocycles. The number of rotatable bonds is 7. The molecule has 4 aromatic rings. The Hall–Kier alpha value is -3.16. The lowest BCUT2D eigenvalue weighted by atomic mass is 10.1. The van der Waals surface area contributed by atoms with E-state index in [1.165, 1.54) is 23.9 Å². The van der Waals surface area contributed by atoms with Crippen LogP contribution in [-0.4, -0.2) is 21.5 Å². The van der Waals surface area contributed by atoms with Crippen LogP contribution in [0, 0.1) is 5.82 Å². The highest BCUT2D eigenvalue weighted by atomic mass is 35.5. The quantitative estimate of drug-likeness (QED) is 0.276. The Morgan fingerprint density at radius 1 is 1.12 bits per heavy atom. The van der Waals surface area contributed by atoms with E-state index in [2.05, 4.69) is 5.32 Å². The molecule has 0 radical (unpaired) electrons. The lowest BCUT2D eigenvalue weighted by Crippen LogP contribution is -2.25. The smallest absolute Gasteiger partial charge is 0.262 e. The van der Waals surface area contributed by atoms with Crippen molar-refractivity contribution in [1.29, 1.82) is 0 Å². The molecule has 5 nitrogen and oxygen atoms in total. The summed E-state index contributed by atoms with van der Waals surface area (Å²) in [7, 11) is 0. The normalized spacial score (nSPS) is 13.2. The van der Waals surface area contributed by atoms with E-state index in [4.69, 9.17) is 16.6 Å². The van der Waals surface area contributed by atoms with Crippen molar-refractivity contribution in [2.45, 2.75) is 36.3 Å². The third-order valence-corrected chi connectivity index (χ3v) is 7.04. The number of carbonyl (C=O) groups is 1. The Morgan fingerprint density at radius 2 is 1.88 bits per heavy atom. The number of thioether (sulfide) groups is 1. The van der Waals surface area contributed by atoms with E-state index in [9.17, 15) is 14.0 Å². The molecule has 1 aromatic heterocycles. The lowest BCUT2D eigenvalue weighted by Gasteiger charge is -2.14. The Labute approximate surface area is 205 Å². The summed E-state index contributed by atoms with van der Waals surface area (Å²) in [5.41, 5.74) is 2.70. The van der Waals surface area contributed by atoms with Gasteiger partial charge in [-0.2, -0.15) is 0 Å². The van der Waals surface area contributed by atoms with Gasteiger partial charge in [0.25, 0.3) is 11.5 Å². The summed E-state index contributed by atoms with van der Waals surface area (Å²) >= 11 is 7.56. The molecule has 1 heterocycles. The number of carbonyl (C=O) groups excluding carboxylic acids is 1. The number of halogens is 2. The highest BCUT2D eigenvalue weighted by Crippen LogP contribution is 2.27. The van der Waals surface area contributed by atoms with Crippen molar-refractivity contribution >= 4 is 40.2 Å². The van der Waals surface area contributed by atoms with Crippen LogP contribution in [-0.2, 0) is 12.3 Å². The van der Waals surface area contributed by atoms with Crippen molar-refractivity contribution in [3.63, 3.8) is 0 Å². The predicted octanol–water partition coefficient (Wildman–Crippen LogP) is 5.42. The van der Waals surface area contributed by atoms with Gasteiger partial charge in [0.05, 0.1) is 17.4 Å². The molecule has 0 bridgehead atoms. The molecule has 34 heavy (non-hydrogen) atoms. The average Bonchev–Trinajstić information content (AvgIpc) is 3.65. The first-order valence-corrected chi connectivity index (χ1v) is 12.3. The van der Waals surface area contributed by atoms with Gasteiger partial charge in [-0.25, -0.2) is 9.37 Å². The van der Waals surface area contributed by atoms with Crippen LogP contribution in [0.5, 0.6) is 0 Å². The first kappa shape index (κ1) is 22.6. The molecule has 1 saturated carbocycles. The van der Waals surface area contributed by atoms with Crippen molar-refractivity contribution in [3.8, 4) is 0 Å². The lowest BCUT2D eigenvalue weighted by molar-refractivity contribution is 0.0951. The van der Waals surface area contributed by atoms with E-state index in [1.54, 1.807) is 28.8 Å². The van der Waals surface area contributed by atoms with Gasteiger partial charge >= 0.3 is 0 Å². The zero-order valence-electron chi connectivity index (χ0n) is 18.1. The molecule has 0 spiro atoms. The van der Waals surface area contributed by atoms with Crippen LogP contribution in [0.1, 0.15) is 34.3 Å². The molecule has 1 amide bonds. The summed E-state index contributed by atoms with van der Waals surface area (Å²) in [4.78, 5) is 30.3. The number of nitrogens with zero attached hydrogens (tertiary/aromatic N) is 2. The fourth-order valence-corrected chi connectivity index (χ4v) is 4.93. The van der Waals surface area contributed by atoms with Gasteiger partial charge in [0.15, 0.2) is 5.16 Å². The van der Waals surface area contributed by atoms with Crippen molar-refractivity contribution in [2.24, 2.45) is 0 Å². The van der Waals surface area contributed by atoms with Gasteiger partial charge in [0.1, 0.15) is 5.82 Å². The largest absolute Gasteiger partial charge is 0.349 e.